The number of hydrogen-bond donors (Lipinski definition) is 1. The molecular formula is C8H7N5O2. The largest absolute Gasteiger partial charge is 0.378 e. The highest BCUT2D eigenvalue weighted by Crippen LogP contribution is 2.26. The van der Waals surface area contributed by atoms with Crippen LogP contribution in [0, 0.1) is 10.1 Å². The maximum absolute atomic E-state index is 10.8. The second kappa shape index (κ2) is 3.37. The van der Waals surface area contributed by atoms with Gasteiger partial charge in [0, 0.05) is 18.6 Å². The van der Waals surface area contributed by atoms with E-state index >= 15 is 0 Å². The molecule has 0 unspecified atom stereocenters. The van der Waals surface area contributed by atoms with Crippen LogP contribution in [-0.4, -0.2) is 19.7 Å². The molecule has 0 aliphatic carbocycles. The minimum Gasteiger partial charge on any atom is -0.378 e. The molecule has 2 aromatic rings. The van der Waals surface area contributed by atoms with Crippen LogP contribution in [0.25, 0.3) is 5.69 Å². The molecule has 7 heteroatoms. The lowest BCUT2D eigenvalue weighted by Gasteiger charge is -2.03. The van der Waals surface area contributed by atoms with Gasteiger partial charge in [-0.05, 0) is 12.1 Å². The Morgan fingerprint density at radius 2 is 2.27 bits per heavy atom. The zero-order valence-electron chi connectivity index (χ0n) is 7.57. The predicted molar refractivity (Wildman–Crippen MR) is 52.4 cm³/mol. The van der Waals surface area contributed by atoms with Crippen molar-refractivity contribution >= 4 is 11.5 Å². The Morgan fingerprint density at radius 1 is 1.47 bits per heavy atom. The summed E-state index contributed by atoms with van der Waals surface area (Å²) < 4.78 is 1.37. The van der Waals surface area contributed by atoms with Crippen molar-refractivity contribution in [2.45, 2.75) is 0 Å². The highest BCUT2D eigenvalue weighted by molar-refractivity contribution is 5.64. The third-order valence-electron chi connectivity index (χ3n) is 1.87. The summed E-state index contributed by atoms with van der Waals surface area (Å²) in [6.07, 6.45) is 4.53. The molecule has 0 saturated heterocycles. The lowest BCUT2D eigenvalue weighted by Crippen LogP contribution is -2.05. The van der Waals surface area contributed by atoms with Crippen molar-refractivity contribution in [3.05, 3.63) is 40.8 Å². The van der Waals surface area contributed by atoms with E-state index in [0.717, 1.165) is 0 Å². The zero-order chi connectivity index (χ0) is 10.8. The van der Waals surface area contributed by atoms with E-state index in [4.69, 9.17) is 5.73 Å². The van der Waals surface area contributed by atoms with Crippen LogP contribution in [0.3, 0.4) is 0 Å². The summed E-state index contributed by atoms with van der Waals surface area (Å²) in [4.78, 5) is 13.9. The van der Waals surface area contributed by atoms with E-state index in [9.17, 15) is 10.1 Å². The van der Waals surface area contributed by atoms with E-state index in [1.165, 1.54) is 23.1 Å². The highest BCUT2D eigenvalue weighted by atomic mass is 16.6. The van der Waals surface area contributed by atoms with Crippen molar-refractivity contribution in [3.63, 3.8) is 0 Å². The Kier molecular flexibility index (Phi) is 2.05. The van der Waals surface area contributed by atoms with Crippen LogP contribution in [0.1, 0.15) is 0 Å². The van der Waals surface area contributed by atoms with Crippen LogP contribution in [0.15, 0.2) is 30.7 Å². The number of anilines is 1. The molecule has 2 N–H and O–H groups in total. The smallest absolute Gasteiger partial charge is 0.336 e. The van der Waals surface area contributed by atoms with Gasteiger partial charge in [0.2, 0.25) is 5.82 Å². The van der Waals surface area contributed by atoms with E-state index < -0.39 is 4.92 Å². The fourth-order valence-corrected chi connectivity index (χ4v) is 1.24. The molecule has 7 nitrogen and oxygen atoms in total. The first kappa shape index (κ1) is 9.13. The van der Waals surface area contributed by atoms with Gasteiger partial charge in [-0.15, -0.1) is 0 Å². The van der Waals surface area contributed by atoms with E-state index in [-0.39, 0.29) is 11.5 Å². The Labute approximate surface area is 84.3 Å². The fraction of sp³-hybridized carbons (Fsp3) is 0. The van der Waals surface area contributed by atoms with Gasteiger partial charge in [0.1, 0.15) is 5.69 Å². The fourth-order valence-electron chi connectivity index (χ4n) is 1.24. The third-order valence-corrected chi connectivity index (χ3v) is 1.87. The molecule has 2 rings (SSSR count). The molecular weight excluding hydrogens is 198 g/mol. The number of nitrogens with zero attached hydrogens (tertiary/aromatic N) is 4. The average Bonchev–Trinajstić information content (AvgIpc) is 2.69. The number of pyridine rings is 1. The molecule has 0 saturated carbocycles. The maximum Gasteiger partial charge on any atom is 0.336 e. The summed E-state index contributed by atoms with van der Waals surface area (Å²) in [7, 11) is 0. The topological polar surface area (TPSA) is 99.9 Å². The van der Waals surface area contributed by atoms with Crippen LogP contribution < -0.4 is 5.73 Å². The van der Waals surface area contributed by atoms with E-state index in [2.05, 4.69) is 10.1 Å². The first-order valence-electron chi connectivity index (χ1n) is 4.09. The minimum absolute atomic E-state index is 0.118. The van der Waals surface area contributed by atoms with Crippen molar-refractivity contribution in [1.82, 2.24) is 14.8 Å². The number of nitrogens with two attached hydrogens (primary N) is 1. The van der Waals surface area contributed by atoms with Crippen LogP contribution in [0.4, 0.5) is 11.5 Å². The zero-order valence-corrected chi connectivity index (χ0v) is 7.57. The number of rotatable bonds is 2. The molecule has 2 aromatic heterocycles. The Morgan fingerprint density at radius 3 is 2.87 bits per heavy atom. The van der Waals surface area contributed by atoms with Gasteiger partial charge in [-0.3, -0.25) is 10.1 Å². The molecule has 0 aliphatic heterocycles. The Bertz CT molecular complexity index is 494. The molecule has 0 aromatic carbocycles. The quantitative estimate of drug-likeness (QED) is 0.576. The summed E-state index contributed by atoms with van der Waals surface area (Å²) in [6, 6.07) is 3.15. The predicted octanol–water partition coefficient (Wildman–Crippen LogP) is 0.758. The van der Waals surface area contributed by atoms with Gasteiger partial charge in [0.25, 0.3) is 0 Å². The van der Waals surface area contributed by atoms with Crippen molar-refractivity contribution in [1.29, 1.82) is 0 Å². The van der Waals surface area contributed by atoms with Gasteiger partial charge in [-0.25, -0.2) is 9.67 Å². The van der Waals surface area contributed by atoms with Crippen LogP contribution in [0.2, 0.25) is 0 Å². The van der Waals surface area contributed by atoms with E-state index in [1.807, 2.05) is 0 Å². The van der Waals surface area contributed by atoms with E-state index in [0.29, 0.717) is 5.69 Å². The number of aromatic nitrogens is 3. The molecule has 2 heterocycles. The summed E-state index contributed by atoms with van der Waals surface area (Å²) in [5, 5.41) is 14.7. The highest BCUT2D eigenvalue weighted by Gasteiger charge is 2.20. The maximum atomic E-state index is 10.8. The van der Waals surface area contributed by atoms with Gasteiger partial charge < -0.3 is 5.73 Å². The third kappa shape index (κ3) is 1.50. The molecule has 0 atom stereocenters. The minimum atomic E-state index is -0.570. The standard InChI is InChI=1S/C8H7N5O2/c9-8-7(13(14)15)6(2-4-10-8)12-5-1-3-11-12/h1-5H,(H2,9,10). The van der Waals surface area contributed by atoms with Crippen LogP contribution in [0.5, 0.6) is 0 Å². The summed E-state index contributed by atoms with van der Waals surface area (Å²) >= 11 is 0. The molecule has 0 amide bonds. The number of hydrogen-bond acceptors (Lipinski definition) is 5. The second-order valence-corrected chi connectivity index (χ2v) is 2.77. The van der Waals surface area contributed by atoms with Gasteiger partial charge in [0.05, 0.1) is 4.92 Å². The lowest BCUT2D eigenvalue weighted by atomic mass is 10.3. The van der Waals surface area contributed by atoms with Crippen molar-refractivity contribution in [2.75, 3.05) is 5.73 Å². The van der Waals surface area contributed by atoms with Gasteiger partial charge in [-0.1, -0.05) is 0 Å². The summed E-state index contributed by atoms with van der Waals surface area (Å²) in [6.45, 7) is 0. The second-order valence-electron chi connectivity index (χ2n) is 2.77. The first-order chi connectivity index (χ1) is 7.20. The van der Waals surface area contributed by atoms with Gasteiger partial charge in [0.15, 0.2) is 0 Å². The molecule has 76 valence electrons. The summed E-state index contributed by atoms with van der Waals surface area (Å²) in [5.41, 5.74) is 5.50. The van der Waals surface area contributed by atoms with Crippen LogP contribution in [-0.2, 0) is 0 Å². The van der Waals surface area contributed by atoms with E-state index in [1.54, 1.807) is 12.3 Å². The summed E-state index contributed by atoms with van der Waals surface area (Å²) in [5.74, 6) is -0.118. The molecule has 0 fully saturated rings. The first-order valence-corrected chi connectivity index (χ1v) is 4.09. The van der Waals surface area contributed by atoms with Crippen molar-refractivity contribution < 1.29 is 4.92 Å². The van der Waals surface area contributed by atoms with Crippen LogP contribution >= 0.6 is 0 Å². The molecule has 0 bridgehead atoms. The monoisotopic (exact) mass is 205 g/mol. The van der Waals surface area contributed by atoms with Gasteiger partial charge in [-0.2, -0.15) is 5.10 Å². The SMILES string of the molecule is Nc1nccc(-n2cccn2)c1[N+](=O)[O-]. The molecule has 0 spiro atoms. The lowest BCUT2D eigenvalue weighted by molar-refractivity contribution is -0.383. The Balaban J connectivity index is 2.66. The average molecular weight is 205 g/mol. The number of nitrogen functional groups attached to an aromatic ring is 1. The van der Waals surface area contributed by atoms with Gasteiger partial charge >= 0.3 is 5.69 Å². The normalized spacial score (nSPS) is 10.1. The molecule has 15 heavy (non-hydrogen) atoms. The molecule has 0 aliphatic rings. The molecule has 0 radical (unpaired) electrons. The van der Waals surface area contributed by atoms with Crippen molar-refractivity contribution in [3.8, 4) is 5.69 Å². The Hall–Kier alpha value is -2.44. The van der Waals surface area contributed by atoms with Crippen molar-refractivity contribution in [2.24, 2.45) is 0 Å². The number of nitro groups is 1.